The van der Waals surface area contributed by atoms with E-state index < -0.39 is 5.60 Å². The maximum absolute atomic E-state index is 12.6. The SMILES string of the molecule is CCCCCCCCCCCCCCNC(=O)[C@@H]1CN(C(=O)OC(C)(C)C)C[C@H]1NC. The minimum Gasteiger partial charge on any atom is -0.444 e. The number of likely N-dealkylation sites (N-methyl/N-ethyl adjacent to an activating group) is 1. The van der Waals surface area contributed by atoms with Crippen molar-refractivity contribution in [2.24, 2.45) is 5.92 Å². The van der Waals surface area contributed by atoms with Crippen LogP contribution in [0.1, 0.15) is 105 Å². The van der Waals surface area contributed by atoms with E-state index in [-0.39, 0.29) is 24.0 Å². The Bertz CT molecular complexity index is 505. The molecule has 1 heterocycles. The zero-order chi connectivity index (χ0) is 23.1. The number of nitrogens with one attached hydrogen (secondary N) is 2. The van der Waals surface area contributed by atoms with Crippen molar-refractivity contribution in [1.29, 1.82) is 0 Å². The topological polar surface area (TPSA) is 70.7 Å². The molecule has 0 aliphatic carbocycles. The zero-order valence-electron chi connectivity index (χ0n) is 20.9. The number of unbranched alkanes of at least 4 members (excludes halogenated alkanes) is 11. The van der Waals surface area contributed by atoms with E-state index in [9.17, 15) is 9.59 Å². The van der Waals surface area contributed by atoms with Crippen molar-refractivity contribution in [3.05, 3.63) is 0 Å². The number of ether oxygens (including phenoxy) is 1. The third-order valence-electron chi connectivity index (χ3n) is 6.01. The second-order valence-electron chi connectivity index (χ2n) is 10.1. The van der Waals surface area contributed by atoms with E-state index in [1.807, 2.05) is 27.8 Å². The molecule has 2 amide bonds. The van der Waals surface area contributed by atoms with Crippen molar-refractivity contribution >= 4 is 12.0 Å². The van der Waals surface area contributed by atoms with Gasteiger partial charge in [-0.2, -0.15) is 0 Å². The summed E-state index contributed by atoms with van der Waals surface area (Å²) in [5.41, 5.74) is -0.527. The summed E-state index contributed by atoms with van der Waals surface area (Å²) in [6.07, 6.45) is 15.4. The van der Waals surface area contributed by atoms with Crippen LogP contribution in [0.25, 0.3) is 0 Å². The van der Waals surface area contributed by atoms with Gasteiger partial charge in [0, 0.05) is 25.7 Å². The Kier molecular flexibility index (Phi) is 13.9. The summed E-state index contributed by atoms with van der Waals surface area (Å²) >= 11 is 0. The van der Waals surface area contributed by atoms with Crippen LogP contribution in [0.2, 0.25) is 0 Å². The molecule has 0 spiro atoms. The van der Waals surface area contributed by atoms with Crippen molar-refractivity contribution < 1.29 is 14.3 Å². The summed E-state index contributed by atoms with van der Waals surface area (Å²) in [7, 11) is 1.84. The molecule has 1 fully saturated rings. The van der Waals surface area contributed by atoms with Crippen LogP contribution in [0.3, 0.4) is 0 Å². The lowest BCUT2D eigenvalue weighted by atomic mass is 10.0. The van der Waals surface area contributed by atoms with Gasteiger partial charge in [0.2, 0.25) is 5.91 Å². The largest absolute Gasteiger partial charge is 0.444 e. The van der Waals surface area contributed by atoms with Gasteiger partial charge in [-0.25, -0.2) is 4.79 Å². The number of hydrogen-bond donors (Lipinski definition) is 2. The highest BCUT2D eigenvalue weighted by molar-refractivity contribution is 5.81. The molecule has 1 aliphatic rings. The first-order valence-electron chi connectivity index (χ1n) is 12.7. The van der Waals surface area contributed by atoms with Crippen molar-refractivity contribution in [2.45, 2.75) is 116 Å². The highest BCUT2D eigenvalue weighted by Gasteiger charge is 2.40. The van der Waals surface area contributed by atoms with Gasteiger partial charge in [-0.1, -0.05) is 77.6 Å². The second kappa shape index (κ2) is 15.5. The Hall–Kier alpha value is -1.30. The molecule has 0 radical (unpaired) electrons. The first-order valence-corrected chi connectivity index (χ1v) is 12.7. The zero-order valence-corrected chi connectivity index (χ0v) is 20.9. The average Bonchev–Trinajstić information content (AvgIpc) is 3.15. The second-order valence-corrected chi connectivity index (χ2v) is 10.1. The number of nitrogens with zero attached hydrogens (tertiary/aromatic N) is 1. The quantitative estimate of drug-likeness (QED) is 0.342. The lowest BCUT2D eigenvalue weighted by Crippen LogP contribution is -2.42. The average molecular weight is 440 g/mol. The molecule has 0 aromatic heterocycles. The van der Waals surface area contributed by atoms with Crippen LogP contribution in [0.4, 0.5) is 4.79 Å². The highest BCUT2D eigenvalue weighted by Crippen LogP contribution is 2.20. The Morgan fingerprint density at radius 1 is 0.871 bits per heavy atom. The molecule has 1 aliphatic heterocycles. The summed E-state index contributed by atoms with van der Waals surface area (Å²) in [5, 5.41) is 6.26. The number of amides is 2. The monoisotopic (exact) mass is 439 g/mol. The summed E-state index contributed by atoms with van der Waals surface area (Å²) < 4.78 is 5.45. The van der Waals surface area contributed by atoms with Crippen molar-refractivity contribution in [3.8, 4) is 0 Å². The van der Waals surface area contributed by atoms with Crippen LogP contribution in [-0.2, 0) is 9.53 Å². The molecule has 0 aromatic rings. The number of carbonyl (C=O) groups is 2. The van der Waals surface area contributed by atoms with Gasteiger partial charge in [-0.05, 0) is 34.2 Å². The molecular formula is C25H49N3O3. The Balaban J connectivity index is 2.11. The number of likely N-dealkylation sites (tertiary alicyclic amines) is 1. The summed E-state index contributed by atoms with van der Waals surface area (Å²) in [5.74, 6) is -0.191. The summed E-state index contributed by atoms with van der Waals surface area (Å²) in [6, 6.07) is -0.0329. The first kappa shape index (κ1) is 27.7. The van der Waals surface area contributed by atoms with Crippen molar-refractivity contribution in [3.63, 3.8) is 0 Å². The van der Waals surface area contributed by atoms with Crippen molar-refractivity contribution in [1.82, 2.24) is 15.5 Å². The molecular weight excluding hydrogens is 390 g/mol. The minimum absolute atomic E-state index is 0.0329. The van der Waals surface area contributed by atoms with Gasteiger partial charge in [-0.15, -0.1) is 0 Å². The van der Waals surface area contributed by atoms with E-state index in [2.05, 4.69) is 17.6 Å². The molecule has 0 bridgehead atoms. The van der Waals surface area contributed by atoms with Crippen LogP contribution in [-0.4, -0.2) is 55.2 Å². The molecule has 2 atom stereocenters. The van der Waals surface area contributed by atoms with Crippen molar-refractivity contribution in [2.75, 3.05) is 26.7 Å². The Labute approximate surface area is 191 Å². The van der Waals surface area contributed by atoms with Gasteiger partial charge in [0.05, 0.1) is 5.92 Å². The van der Waals surface area contributed by atoms with Gasteiger partial charge in [-0.3, -0.25) is 4.79 Å². The molecule has 182 valence electrons. The first-order chi connectivity index (χ1) is 14.8. The molecule has 1 rings (SSSR count). The van der Waals surface area contributed by atoms with Crippen LogP contribution in [0, 0.1) is 5.92 Å². The Morgan fingerprint density at radius 2 is 1.39 bits per heavy atom. The van der Waals surface area contributed by atoms with Crippen LogP contribution < -0.4 is 10.6 Å². The van der Waals surface area contributed by atoms with Gasteiger partial charge >= 0.3 is 6.09 Å². The molecule has 0 saturated carbocycles. The van der Waals surface area contributed by atoms with E-state index in [1.165, 1.54) is 70.6 Å². The minimum atomic E-state index is -0.527. The molecule has 31 heavy (non-hydrogen) atoms. The fourth-order valence-electron chi connectivity index (χ4n) is 4.15. The number of carbonyl (C=O) groups excluding carboxylic acids is 2. The maximum Gasteiger partial charge on any atom is 0.410 e. The molecule has 6 heteroatoms. The predicted octanol–water partition coefficient (Wildman–Crippen LogP) is 5.26. The lowest BCUT2D eigenvalue weighted by molar-refractivity contribution is -0.125. The van der Waals surface area contributed by atoms with Gasteiger partial charge in [0.25, 0.3) is 0 Å². The normalized spacial score (nSPS) is 18.9. The van der Waals surface area contributed by atoms with E-state index in [0.717, 1.165) is 13.0 Å². The maximum atomic E-state index is 12.6. The highest BCUT2D eigenvalue weighted by atomic mass is 16.6. The summed E-state index contributed by atoms with van der Waals surface area (Å²) in [4.78, 5) is 26.6. The number of hydrogen-bond acceptors (Lipinski definition) is 4. The van der Waals surface area contributed by atoms with Gasteiger partial charge < -0.3 is 20.3 Å². The molecule has 2 N–H and O–H groups in total. The van der Waals surface area contributed by atoms with E-state index in [4.69, 9.17) is 4.74 Å². The van der Waals surface area contributed by atoms with Gasteiger partial charge in [0.15, 0.2) is 0 Å². The van der Waals surface area contributed by atoms with Gasteiger partial charge in [0.1, 0.15) is 5.60 Å². The molecule has 1 saturated heterocycles. The fourth-order valence-corrected chi connectivity index (χ4v) is 4.15. The van der Waals surface area contributed by atoms with Crippen LogP contribution in [0.5, 0.6) is 0 Å². The summed E-state index contributed by atoms with van der Waals surface area (Å²) in [6.45, 7) is 9.46. The van der Waals surface area contributed by atoms with E-state index >= 15 is 0 Å². The van der Waals surface area contributed by atoms with E-state index in [1.54, 1.807) is 4.90 Å². The van der Waals surface area contributed by atoms with Crippen LogP contribution >= 0.6 is 0 Å². The Morgan fingerprint density at radius 3 is 1.87 bits per heavy atom. The molecule has 6 nitrogen and oxygen atoms in total. The number of rotatable bonds is 15. The fraction of sp³-hybridized carbons (Fsp3) is 0.920. The lowest BCUT2D eigenvalue weighted by Gasteiger charge is -2.24. The van der Waals surface area contributed by atoms with Crippen LogP contribution in [0.15, 0.2) is 0 Å². The molecule has 0 aromatic carbocycles. The third kappa shape index (κ3) is 12.4. The third-order valence-corrected chi connectivity index (χ3v) is 6.01. The van der Waals surface area contributed by atoms with E-state index in [0.29, 0.717) is 13.1 Å². The smallest absolute Gasteiger partial charge is 0.410 e. The predicted molar refractivity (Wildman–Crippen MR) is 128 cm³/mol. The molecule has 0 unspecified atom stereocenters. The standard InChI is InChI=1S/C25H49N3O3/c1-6-7-8-9-10-11-12-13-14-15-16-17-18-27-23(29)21-19-28(20-22(21)26-5)24(30)31-25(2,3)4/h21-22,26H,6-20H2,1-5H3,(H,27,29)/t21-,22-/m1/s1.